The minimum absolute atomic E-state index is 0.0793. The monoisotopic (exact) mass is 431 g/mol. The first-order valence-corrected chi connectivity index (χ1v) is 10.9. The number of hydrogen-bond acceptors (Lipinski definition) is 5. The van der Waals surface area contributed by atoms with Crippen molar-refractivity contribution in [1.82, 2.24) is 14.9 Å². The maximum Gasteiger partial charge on any atom is 0.321 e. The van der Waals surface area contributed by atoms with E-state index in [0.29, 0.717) is 26.2 Å². The van der Waals surface area contributed by atoms with Gasteiger partial charge in [0.2, 0.25) is 0 Å². The SMILES string of the molecule is NN(Cc1ccc(OCc2ccccc2)cc1)C1CCN(C(=O)Nc2ccncc2)CC1. The van der Waals surface area contributed by atoms with Gasteiger partial charge in [0, 0.05) is 43.8 Å². The molecule has 0 atom stereocenters. The molecule has 166 valence electrons. The van der Waals surface area contributed by atoms with Gasteiger partial charge in [0.15, 0.2) is 0 Å². The van der Waals surface area contributed by atoms with Crippen LogP contribution in [0.3, 0.4) is 0 Å². The predicted molar refractivity (Wildman–Crippen MR) is 125 cm³/mol. The number of carbonyl (C=O) groups excluding carboxylic acids is 1. The number of rotatable bonds is 7. The number of aromatic nitrogens is 1. The maximum absolute atomic E-state index is 12.4. The second kappa shape index (κ2) is 10.7. The molecule has 1 aromatic heterocycles. The summed E-state index contributed by atoms with van der Waals surface area (Å²) in [4.78, 5) is 18.2. The number of nitrogens with zero attached hydrogens (tertiary/aromatic N) is 3. The zero-order valence-electron chi connectivity index (χ0n) is 18.1. The molecule has 0 bridgehead atoms. The summed E-state index contributed by atoms with van der Waals surface area (Å²) in [5, 5.41) is 4.80. The van der Waals surface area contributed by atoms with E-state index in [9.17, 15) is 4.79 Å². The van der Waals surface area contributed by atoms with E-state index in [1.54, 1.807) is 24.5 Å². The molecule has 1 aliphatic heterocycles. The highest BCUT2D eigenvalue weighted by Crippen LogP contribution is 2.19. The van der Waals surface area contributed by atoms with Gasteiger partial charge in [0.05, 0.1) is 0 Å². The number of piperidine rings is 1. The largest absolute Gasteiger partial charge is 0.489 e. The second-order valence-corrected chi connectivity index (χ2v) is 7.97. The van der Waals surface area contributed by atoms with Crippen molar-refractivity contribution < 1.29 is 9.53 Å². The maximum atomic E-state index is 12.4. The van der Waals surface area contributed by atoms with Gasteiger partial charge in [-0.3, -0.25) is 10.8 Å². The van der Waals surface area contributed by atoms with Gasteiger partial charge in [-0.05, 0) is 48.2 Å². The van der Waals surface area contributed by atoms with Crippen molar-refractivity contribution in [3.05, 3.63) is 90.3 Å². The zero-order chi connectivity index (χ0) is 22.2. The molecule has 2 amide bonds. The van der Waals surface area contributed by atoms with Gasteiger partial charge in [-0.25, -0.2) is 9.80 Å². The fourth-order valence-corrected chi connectivity index (χ4v) is 3.81. The molecule has 32 heavy (non-hydrogen) atoms. The third kappa shape index (κ3) is 6.06. The van der Waals surface area contributed by atoms with Crippen LogP contribution in [0.25, 0.3) is 0 Å². The molecule has 1 aliphatic rings. The third-order valence-electron chi connectivity index (χ3n) is 5.69. The number of hydrazine groups is 1. The third-order valence-corrected chi connectivity index (χ3v) is 5.69. The van der Waals surface area contributed by atoms with E-state index in [2.05, 4.69) is 34.6 Å². The average molecular weight is 432 g/mol. The summed E-state index contributed by atoms with van der Waals surface area (Å²) in [6.45, 7) is 2.58. The summed E-state index contributed by atoms with van der Waals surface area (Å²) in [6.07, 6.45) is 5.02. The van der Waals surface area contributed by atoms with E-state index >= 15 is 0 Å². The highest BCUT2D eigenvalue weighted by atomic mass is 16.5. The summed E-state index contributed by atoms with van der Waals surface area (Å²) >= 11 is 0. The molecule has 0 spiro atoms. The smallest absolute Gasteiger partial charge is 0.321 e. The van der Waals surface area contributed by atoms with Crippen LogP contribution in [0.15, 0.2) is 79.1 Å². The summed E-state index contributed by atoms with van der Waals surface area (Å²) in [5.74, 6) is 7.22. The topological polar surface area (TPSA) is 83.7 Å². The number of benzene rings is 2. The molecule has 0 saturated carbocycles. The van der Waals surface area contributed by atoms with Crippen molar-refractivity contribution >= 4 is 11.7 Å². The number of nitrogens with two attached hydrogens (primary N) is 1. The van der Waals surface area contributed by atoms with Crippen molar-refractivity contribution in [2.75, 3.05) is 18.4 Å². The summed E-state index contributed by atoms with van der Waals surface area (Å²) in [5.41, 5.74) is 3.03. The standard InChI is InChI=1S/C25H29N5O2/c26-30(18-20-6-8-24(9-7-20)32-19-21-4-2-1-3-5-21)23-12-16-29(17-13-23)25(31)28-22-10-14-27-15-11-22/h1-11,14-15,23H,12-13,16-19,26H2,(H,27,28,31). The Hall–Kier alpha value is -3.42. The molecule has 2 aromatic carbocycles. The number of anilines is 1. The molecule has 3 aromatic rings. The Balaban J connectivity index is 1.21. The van der Waals surface area contributed by atoms with Crippen LogP contribution in [0.4, 0.5) is 10.5 Å². The molecular formula is C25H29N5O2. The lowest BCUT2D eigenvalue weighted by molar-refractivity contribution is 0.116. The van der Waals surface area contributed by atoms with Gasteiger partial charge < -0.3 is 15.0 Å². The van der Waals surface area contributed by atoms with E-state index in [0.717, 1.165) is 35.4 Å². The number of amides is 2. The van der Waals surface area contributed by atoms with Crippen LogP contribution >= 0.6 is 0 Å². The molecule has 0 aliphatic carbocycles. The van der Waals surface area contributed by atoms with Crippen LogP contribution in [0.2, 0.25) is 0 Å². The number of ether oxygens (including phenoxy) is 1. The van der Waals surface area contributed by atoms with Gasteiger partial charge in [0.25, 0.3) is 0 Å². The Morgan fingerprint density at radius 2 is 1.69 bits per heavy atom. The Bertz CT molecular complexity index is 974. The summed E-state index contributed by atoms with van der Waals surface area (Å²) in [6, 6.07) is 21.9. The number of carbonyl (C=O) groups is 1. The number of urea groups is 1. The Morgan fingerprint density at radius 3 is 2.38 bits per heavy atom. The average Bonchev–Trinajstić information content (AvgIpc) is 2.85. The molecule has 3 N–H and O–H groups in total. The van der Waals surface area contributed by atoms with Gasteiger partial charge >= 0.3 is 6.03 Å². The molecule has 0 radical (unpaired) electrons. The van der Waals surface area contributed by atoms with Gasteiger partial charge in [-0.1, -0.05) is 42.5 Å². The molecule has 7 heteroatoms. The molecule has 0 unspecified atom stereocenters. The van der Waals surface area contributed by atoms with E-state index in [1.807, 2.05) is 40.2 Å². The fourth-order valence-electron chi connectivity index (χ4n) is 3.81. The zero-order valence-corrected chi connectivity index (χ0v) is 18.1. The molecule has 7 nitrogen and oxygen atoms in total. The van der Waals surface area contributed by atoms with Crippen molar-refractivity contribution in [1.29, 1.82) is 0 Å². The minimum Gasteiger partial charge on any atom is -0.489 e. The van der Waals surface area contributed by atoms with E-state index in [4.69, 9.17) is 10.6 Å². The van der Waals surface area contributed by atoms with Crippen LogP contribution in [-0.2, 0) is 13.2 Å². The van der Waals surface area contributed by atoms with E-state index in [1.165, 1.54) is 0 Å². The Morgan fingerprint density at radius 1 is 1.00 bits per heavy atom. The van der Waals surface area contributed by atoms with Crippen molar-refractivity contribution in [3.63, 3.8) is 0 Å². The normalized spacial score (nSPS) is 14.4. The van der Waals surface area contributed by atoms with Crippen molar-refractivity contribution in [3.8, 4) is 5.75 Å². The van der Waals surface area contributed by atoms with Crippen molar-refractivity contribution in [2.24, 2.45) is 5.84 Å². The number of hydrogen-bond donors (Lipinski definition) is 2. The highest BCUT2D eigenvalue weighted by molar-refractivity contribution is 5.89. The van der Waals surface area contributed by atoms with Crippen molar-refractivity contribution in [2.45, 2.75) is 32.0 Å². The molecule has 2 heterocycles. The second-order valence-electron chi connectivity index (χ2n) is 7.97. The first kappa shape index (κ1) is 21.8. The fraction of sp³-hybridized carbons (Fsp3) is 0.280. The number of pyridine rings is 1. The van der Waals surface area contributed by atoms with Crippen LogP contribution in [0, 0.1) is 0 Å². The predicted octanol–water partition coefficient (Wildman–Crippen LogP) is 4.03. The minimum atomic E-state index is -0.0793. The van der Waals surface area contributed by atoms with Gasteiger partial charge in [0.1, 0.15) is 12.4 Å². The van der Waals surface area contributed by atoms with Crippen LogP contribution in [0.5, 0.6) is 5.75 Å². The summed E-state index contributed by atoms with van der Waals surface area (Å²) in [7, 11) is 0. The Labute approximate surface area is 188 Å². The van der Waals surface area contributed by atoms with Gasteiger partial charge in [-0.2, -0.15) is 0 Å². The highest BCUT2D eigenvalue weighted by Gasteiger charge is 2.25. The first-order chi connectivity index (χ1) is 15.7. The summed E-state index contributed by atoms with van der Waals surface area (Å²) < 4.78 is 5.85. The van der Waals surface area contributed by atoms with E-state index < -0.39 is 0 Å². The molecular weight excluding hydrogens is 402 g/mol. The Kier molecular flexibility index (Phi) is 7.32. The molecule has 1 saturated heterocycles. The van der Waals surface area contributed by atoms with E-state index in [-0.39, 0.29) is 12.1 Å². The number of nitrogens with one attached hydrogen (secondary N) is 1. The first-order valence-electron chi connectivity index (χ1n) is 10.9. The quantitative estimate of drug-likeness (QED) is 0.436. The lowest BCUT2D eigenvalue weighted by atomic mass is 10.0. The lowest BCUT2D eigenvalue weighted by Crippen LogP contribution is -2.49. The molecule has 1 fully saturated rings. The van der Waals surface area contributed by atoms with Gasteiger partial charge in [-0.15, -0.1) is 0 Å². The number of likely N-dealkylation sites (tertiary alicyclic amines) is 1. The van der Waals surface area contributed by atoms with Crippen LogP contribution < -0.4 is 15.9 Å². The lowest BCUT2D eigenvalue weighted by Gasteiger charge is -2.36. The van der Waals surface area contributed by atoms with Crippen LogP contribution in [-0.4, -0.2) is 40.1 Å². The molecule has 4 rings (SSSR count). The van der Waals surface area contributed by atoms with Crippen LogP contribution in [0.1, 0.15) is 24.0 Å².